The second kappa shape index (κ2) is 9.44. The van der Waals surface area contributed by atoms with Gasteiger partial charge in [0.1, 0.15) is 0 Å². The molecule has 4 rings (SSSR count). The number of ether oxygens (including phenoxy) is 1. The molecule has 1 aliphatic heterocycles. The fourth-order valence-corrected chi connectivity index (χ4v) is 5.96. The summed E-state index contributed by atoms with van der Waals surface area (Å²) < 4.78 is 31.5. The number of primary amides is 1. The lowest BCUT2D eigenvalue weighted by Gasteiger charge is -2.31. The highest BCUT2D eigenvalue weighted by Crippen LogP contribution is 2.37. The van der Waals surface area contributed by atoms with Crippen molar-refractivity contribution in [3.05, 3.63) is 59.8 Å². The van der Waals surface area contributed by atoms with Gasteiger partial charge in [0.25, 0.3) is 0 Å². The van der Waals surface area contributed by atoms with Gasteiger partial charge in [-0.1, -0.05) is 30.3 Å². The Balaban J connectivity index is 1.65. The number of methoxy groups -OCH3 is 1. The van der Waals surface area contributed by atoms with Crippen molar-refractivity contribution >= 4 is 26.8 Å². The van der Waals surface area contributed by atoms with Gasteiger partial charge < -0.3 is 15.5 Å². The molecule has 3 N–H and O–H groups in total. The first-order chi connectivity index (χ1) is 15.4. The summed E-state index contributed by atoms with van der Waals surface area (Å²) in [5.74, 6) is -0.120. The Morgan fingerprint density at radius 2 is 1.88 bits per heavy atom. The number of fused-ring (bicyclic) bond motifs is 1. The average molecular weight is 456 g/mol. The van der Waals surface area contributed by atoms with Gasteiger partial charge in [0.2, 0.25) is 15.9 Å². The molecule has 0 spiro atoms. The van der Waals surface area contributed by atoms with E-state index in [0.29, 0.717) is 13.1 Å². The van der Waals surface area contributed by atoms with Crippen molar-refractivity contribution < 1.29 is 17.9 Å². The van der Waals surface area contributed by atoms with Crippen molar-refractivity contribution in [2.24, 2.45) is 5.73 Å². The lowest BCUT2D eigenvalue weighted by Crippen LogP contribution is -2.39. The third kappa shape index (κ3) is 4.72. The number of nitrogens with one attached hydrogen (secondary N) is 1. The van der Waals surface area contributed by atoms with Gasteiger partial charge in [0, 0.05) is 37.3 Å². The van der Waals surface area contributed by atoms with E-state index in [4.69, 9.17) is 10.5 Å². The molecule has 32 heavy (non-hydrogen) atoms. The van der Waals surface area contributed by atoms with Crippen LogP contribution >= 0.6 is 0 Å². The zero-order valence-corrected chi connectivity index (χ0v) is 19.0. The van der Waals surface area contributed by atoms with Gasteiger partial charge in [0.05, 0.1) is 18.8 Å². The highest BCUT2D eigenvalue weighted by Gasteiger charge is 2.29. The van der Waals surface area contributed by atoms with Crippen molar-refractivity contribution in [2.75, 3.05) is 32.6 Å². The predicted octanol–water partition coefficient (Wildman–Crippen LogP) is 3.02. The molecule has 0 atom stereocenters. The van der Waals surface area contributed by atoms with Gasteiger partial charge in [-0.25, -0.2) is 12.7 Å². The number of nitrogens with zero attached hydrogens (tertiary/aromatic N) is 1. The van der Waals surface area contributed by atoms with Gasteiger partial charge in [-0.3, -0.25) is 4.79 Å². The van der Waals surface area contributed by atoms with Crippen molar-refractivity contribution in [1.82, 2.24) is 9.29 Å². The molecule has 0 saturated carbocycles. The quantitative estimate of drug-likeness (QED) is 0.545. The third-order valence-corrected chi connectivity index (χ3v) is 8.04. The van der Waals surface area contributed by atoms with E-state index in [1.165, 1.54) is 7.11 Å². The molecule has 0 bridgehead atoms. The molecule has 1 aliphatic rings. The number of carbonyl (C=O) groups excluding carboxylic acids is 1. The molecule has 170 valence electrons. The number of benzene rings is 2. The van der Waals surface area contributed by atoms with Gasteiger partial charge >= 0.3 is 0 Å². The molecule has 1 aromatic heterocycles. The summed E-state index contributed by atoms with van der Waals surface area (Å²) in [5, 5.41) is 1.07. The number of sulfonamides is 1. The second-order valence-electron chi connectivity index (χ2n) is 8.29. The fourth-order valence-electron chi connectivity index (χ4n) is 4.55. The Labute approximate surface area is 188 Å². The number of aromatic amines is 1. The first-order valence-corrected chi connectivity index (χ1v) is 12.4. The molecule has 0 aliphatic carbocycles. The molecular formula is C24H29N3O4S. The zero-order chi connectivity index (χ0) is 22.7. The van der Waals surface area contributed by atoms with Gasteiger partial charge in [-0.2, -0.15) is 0 Å². The van der Waals surface area contributed by atoms with E-state index >= 15 is 0 Å². The first-order valence-electron chi connectivity index (χ1n) is 10.8. The summed E-state index contributed by atoms with van der Waals surface area (Å²) in [5.41, 5.74) is 10.6. The van der Waals surface area contributed by atoms with E-state index in [2.05, 4.69) is 11.1 Å². The second-order valence-corrected chi connectivity index (χ2v) is 10.4. The maximum Gasteiger partial charge on any atom is 0.221 e. The van der Waals surface area contributed by atoms with Crippen LogP contribution in [0.1, 0.15) is 29.9 Å². The van der Waals surface area contributed by atoms with Crippen LogP contribution in [0.15, 0.2) is 48.7 Å². The predicted molar refractivity (Wildman–Crippen MR) is 126 cm³/mol. The minimum atomic E-state index is -3.29. The van der Waals surface area contributed by atoms with Gasteiger partial charge in [-0.05, 0) is 53.1 Å². The van der Waals surface area contributed by atoms with E-state index in [1.54, 1.807) is 4.31 Å². The Kier molecular flexibility index (Phi) is 6.64. The number of hydrogen-bond acceptors (Lipinski definition) is 4. The van der Waals surface area contributed by atoms with Crippen LogP contribution in [0.25, 0.3) is 22.0 Å². The molecule has 3 aromatic rings. The standard InChI is InChI=1S/C24H29N3O4S/c1-31-11-12-32(29,30)27-9-7-18(8-10-27)22-16-26-24-20(15-23(25)28)13-19(14-21(22)24)17-5-3-2-4-6-17/h2-6,13-14,16,18,26H,7-12,15H2,1H3,(H2,25,28). The number of H-pyrrole nitrogens is 1. The minimum Gasteiger partial charge on any atom is -0.384 e. The number of hydrogen-bond donors (Lipinski definition) is 2. The summed E-state index contributed by atoms with van der Waals surface area (Å²) >= 11 is 0. The maximum atomic E-state index is 12.5. The van der Waals surface area contributed by atoms with Crippen molar-refractivity contribution in [3.8, 4) is 11.1 Å². The van der Waals surface area contributed by atoms with Crippen molar-refractivity contribution in [2.45, 2.75) is 25.2 Å². The monoisotopic (exact) mass is 455 g/mol. The highest BCUT2D eigenvalue weighted by atomic mass is 32.2. The van der Waals surface area contributed by atoms with Crippen LogP contribution in [0.5, 0.6) is 0 Å². The van der Waals surface area contributed by atoms with Crippen LogP contribution in [0.2, 0.25) is 0 Å². The average Bonchev–Trinajstić information content (AvgIpc) is 3.22. The van der Waals surface area contributed by atoms with Gasteiger partial charge in [-0.15, -0.1) is 0 Å². The summed E-state index contributed by atoms with van der Waals surface area (Å²) in [6.45, 7) is 1.20. The molecular weight excluding hydrogens is 426 g/mol. The highest BCUT2D eigenvalue weighted by molar-refractivity contribution is 7.89. The topological polar surface area (TPSA) is 105 Å². The van der Waals surface area contributed by atoms with E-state index in [1.807, 2.05) is 42.6 Å². The van der Waals surface area contributed by atoms with Crippen LogP contribution < -0.4 is 5.73 Å². The molecule has 2 aromatic carbocycles. The Morgan fingerprint density at radius 1 is 1.16 bits per heavy atom. The summed E-state index contributed by atoms with van der Waals surface area (Å²) in [6.07, 6.45) is 3.66. The molecule has 0 unspecified atom stereocenters. The summed E-state index contributed by atoms with van der Waals surface area (Å²) in [4.78, 5) is 15.1. The number of carbonyl (C=O) groups is 1. The minimum absolute atomic E-state index is 0.0121. The molecule has 2 heterocycles. The molecule has 1 amide bonds. The van der Waals surface area contributed by atoms with Crippen molar-refractivity contribution in [1.29, 1.82) is 0 Å². The zero-order valence-electron chi connectivity index (χ0n) is 18.2. The Morgan fingerprint density at radius 3 is 2.53 bits per heavy atom. The molecule has 1 fully saturated rings. The molecule has 1 saturated heterocycles. The first kappa shape index (κ1) is 22.5. The van der Waals surface area contributed by atoms with Crippen molar-refractivity contribution in [3.63, 3.8) is 0 Å². The van der Waals surface area contributed by atoms with Crippen LogP contribution in [0, 0.1) is 0 Å². The smallest absolute Gasteiger partial charge is 0.221 e. The summed E-state index contributed by atoms with van der Waals surface area (Å²) in [7, 11) is -1.79. The SMILES string of the molecule is COCCS(=O)(=O)N1CCC(c2c[nH]c3c(CC(N)=O)cc(-c4ccccc4)cc23)CC1. The van der Waals surface area contributed by atoms with Crippen LogP contribution in [0.3, 0.4) is 0 Å². The Hall–Kier alpha value is -2.68. The number of nitrogens with two attached hydrogens (primary N) is 1. The number of rotatable bonds is 8. The largest absolute Gasteiger partial charge is 0.384 e. The Bertz CT molecular complexity index is 1200. The number of aromatic nitrogens is 1. The third-order valence-electron chi connectivity index (χ3n) is 6.21. The molecule has 0 radical (unpaired) electrons. The number of amides is 1. The van der Waals surface area contributed by atoms with E-state index in [0.717, 1.165) is 46.0 Å². The lowest BCUT2D eigenvalue weighted by atomic mass is 9.88. The maximum absolute atomic E-state index is 12.5. The molecule has 8 heteroatoms. The fraction of sp³-hybridized carbons (Fsp3) is 0.375. The lowest BCUT2D eigenvalue weighted by molar-refractivity contribution is -0.117. The van der Waals surface area contributed by atoms with Gasteiger partial charge in [0.15, 0.2) is 0 Å². The molecule has 7 nitrogen and oxygen atoms in total. The van der Waals surface area contributed by atoms with E-state index < -0.39 is 10.0 Å². The number of piperidine rings is 1. The summed E-state index contributed by atoms with van der Waals surface area (Å²) in [6, 6.07) is 14.2. The van der Waals surface area contributed by atoms with E-state index in [-0.39, 0.29) is 30.6 Å². The van der Waals surface area contributed by atoms with Crippen LogP contribution in [-0.4, -0.2) is 56.2 Å². The van der Waals surface area contributed by atoms with Crippen LogP contribution in [-0.2, 0) is 26.0 Å². The van der Waals surface area contributed by atoms with Crippen LogP contribution in [0.4, 0.5) is 0 Å². The normalized spacial score (nSPS) is 15.9. The van der Waals surface area contributed by atoms with E-state index in [9.17, 15) is 13.2 Å².